The van der Waals surface area contributed by atoms with Crippen LogP contribution in [0.2, 0.25) is 0 Å². The van der Waals surface area contributed by atoms with Crippen LogP contribution in [-0.2, 0) is 21.1 Å². The van der Waals surface area contributed by atoms with Crippen LogP contribution in [0.1, 0.15) is 22.3 Å². The van der Waals surface area contributed by atoms with Gasteiger partial charge >= 0.3 is 5.97 Å². The number of phenols is 1. The van der Waals surface area contributed by atoms with Crippen molar-refractivity contribution in [3.05, 3.63) is 41.5 Å². The molecule has 6 nitrogen and oxygen atoms in total. The smallest absolute Gasteiger partial charge is 0.341 e. The number of esters is 1. The van der Waals surface area contributed by atoms with Crippen LogP contribution in [0.15, 0.2) is 30.3 Å². The Morgan fingerprint density at radius 1 is 1.36 bits per heavy atom. The second-order valence-corrected chi connectivity index (χ2v) is 8.66. The fourth-order valence-electron chi connectivity index (χ4n) is 3.34. The van der Waals surface area contributed by atoms with E-state index in [1.54, 1.807) is 6.07 Å². The summed E-state index contributed by atoms with van der Waals surface area (Å²) in [5.74, 6) is -0.399. The zero-order valence-electron chi connectivity index (χ0n) is 14.2. The third-order valence-corrected chi connectivity index (χ3v) is 6.52. The number of fused-ring (bicyclic) bond motifs is 1. The van der Waals surface area contributed by atoms with Crippen LogP contribution >= 0.6 is 0 Å². The third kappa shape index (κ3) is 3.48. The van der Waals surface area contributed by atoms with Gasteiger partial charge in [-0.2, -0.15) is 0 Å². The van der Waals surface area contributed by atoms with Crippen molar-refractivity contribution in [2.75, 3.05) is 25.7 Å². The second kappa shape index (κ2) is 6.65. The molecule has 25 heavy (non-hydrogen) atoms. The van der Waals surface area contributed by atoms with E-state index in [1.165, 1.54) is 7.11 Å². The first-order valence-electron chi connectivity index (χ1n) is 8.05. The quantitative estimate of drug-likeness (QED) is 0.836. The molecule has 0 amide bonds. The first-order valence-corrected chi connectivity index (χ1v) is 9.87. The Morgan fingerprint density at radius 3 is 2.72 bits per heavy atom. The molecule has 0 bridgehead atoms. The number of carbonyl (C=O) groups excluding carboxylic acids is 1. The highest BCUT2D eigenvalue weighted by atomic mass is 32.2. The Kier molecular flexibility index (Phi) is 4.71. The highest BCUT2D eigenvalue weighted by Gasteiger charge is 2.31. The van der Waals surface area contributed by atoms with Gasteiger partial charge in [-0.15, -0.1) is 0 Å². The van der Waals surface area contributed by atoms with Crippen molar-refractivity contribution in [1.82, 2.24) is 4.90 Å². The van der Waals surface area contributed by atoms with Crippen molar-refractivity contribution >= 4 is 26.6 Å². The summed E-state index contributed by atoms with van der Waals surface area (Å²) in [4.78, 5) is 13.9. The molecule has 1 aliphatic heterocycles. The molecule has 0 aromatic heterocycles. The Bertz CT molecular complexity index is 922. The van der Waals surface area contributed by atoms with Crippen LogP contribution in [0, 0.1) is 0 Å². The number of rotatable bonds is 4. The summed E-state index contributed by atoms with van der Waals surface area (Å²) >= 11 is 0. The van der Waals surface area contributed by atoms with E-state index in [-0.39, 0.29) is 28.9 Å². The molecule has 0 unspecified atom stereocenters. The van der Waals surface area contributed by atoms with Gasteiger partial charge in [-0.3, -0.25) is 4.90 Å². The van der Waals surface area contributed by atoms with E-state index < -0.39 is 15.8 Å². The minimum absolute atomic E-state index is 0.0926. The van der Waals surface area contributed by atoms with Gasteiger partial charge in [0.2, 0.25) is 0 Å². The largest absolute Gasteiger partial charge is 0.507 e. The normalized spacial score (nSPS) is 19.4. The fourth-order valence-corrected chi connectivity index (χ4v) is 5.14. The van der Waals surface area contributed by atoms with E-state index in [0.717, 1.165) is 10.8 Å². The van der Waals surface area contributed by atoms with Crippen LogP contribution in [0.5, 0.6) is 5.75 Å². The van der Waals surface area contributed by atoms with Crippen LogP contribution in [-0.4, -0.2) is 56.1 Å². The van der Waals surface area contributed by atoms with Crippen molar-refractivity contribution in [3.8, 4) is 5.75 Å². The SMILES string of the molecule is COC(=O)c1cc2ccccc2c(CN(C)[C@H]2CCS(=O)(=O)C2)c1O. The van der Waals surface area contributed by atoms with E-state index >= 15 is 0 Å². The molecule has 7 heteroatoms. The molecular formula is C18H21NO5S. The topological polar surface area (TPSA) is 83.9 Å². The fraction of sp³-hybridized carbons (Fsp3) is 0.389. The molecule has 134 valence electrons. The van der Waals surface area contributed by atoms with Gasteiger partial charge in [0.05, 0.1) is 18.6 Å². The number of hydrogen-bond acceptors (Lipinski definition) is 6. The number of aromatic hydroxyl groups is 1. The van der Waals surface area contributed by atoms with Crippen LogP contribution in [0.25, 0.3) is 10.8 Å². The molecule has 0 radical (unpaired) electrons. The zero-order chi connectivity index (χ0) is 18.2. The Morgan fingerprint density at radius 2 is 2.08 bits per heavy atom. The van der Waals surface area contributed by atoms with Gasteiger partial charge in [0.15, 0.2) is 9.84 Å². The van der Waals surface area contributed by atoms with Crippen molar-refractivity contribution < 1.29 is 23.1 Å². The first-order chi connectivity index (χ1) is 11.8. The van der Waals surface area contributed by atoms with Crippen molar-refractivity contribution in [2.45, 2.75) is 19.0 Å². The summed E-state index contributed by atoms with van der Waals surface area (Å²) in [6.45, 7) is 0.345. The molecule has 1 fully saturated rings. The maximum absolute atomic E-state index is 12.0. The average Bonchev–Trinajstić information content (AvgIpc) is 2.96. The number of ether oxygens (including phenoxy) is 1. The minimum Gasteiger partial charge on any atom is -0.507 e. The minimum atomic E-state index is -2.99. The van der Waals surface area contributed by atoms with Crippen molar-refractivity contribution in [3.63, 3.8) is 0 Å². The predicted octanol–water partition coefficient (Wildman–Crippen LogP) is 1.95. The average molecular weight is 363 g/mol. The molecule has 1 saturated heterocycles. The van der Waals surface area contributed by atoms with E-state index in [4.69, 9.17) is 4.74 Å². The first kappa shape index (κ1) is 17.7. The molecule has 1 aliphatic rings. The second-order valence-electron chi connectivity index (χ2n) is 6.44. The number of hydrogen-bond donors (Lipinski definition) is 1. The number of phenolic OH excluding ortho intramolecular Hbond substituents is 1. The van der Waals surface area contributed by atoms with E-state index in [1.807, 2.05) is 36.2 Å². The summed E-state index contributed by atoms with van der Waals surface area (Å²) in [5.41, 5.74) is 0.717. The summed E-state index contributed by atoms with van der Waals surface area (Å²) in [6.07, 6.45) is 0.578. The molecule has 0 saturated carbocycles. The molecule has 1 heterocycles. The van der Waals surface area contributed by atoms with Crippen molar-refractivity contribution in [2.24, 2.45) is 0 Å². The van der Waals surface area contributed by atoms with Crippen LogP contribution in [0.4, 0.5) is 0 Å². The number of methoxy groups -OCH3 is 1. The number of sulfone groups is 1. The Labute approximate surface area is 146 Å². The molecule has 2 aromatic carbocycles. The number of nitrogens with zero attached hydrogens (tertiary/aromatic N) is 1. The van der Waals surface area contributed by atoms with E-state index in [9.17, 15) is 18.3 Å². The maximum atomic E-state index is 12.0. The lowest BCUT2D eigenvalue weighted by atomic mass is 9.98. The van der Waals surface area contributed by atoms with Gasteiger partial charge in [0, 0.05) is 18.2 Å². The lowest BCUT2D eigenvalue weighted by Gasteiger charge is -2.24. The lowest BCUT2D eigenvalue weighted by molar-refractivity contribution is 0.0597. The van der Waals surface area contributed by atoms with Gasteiger partial charge < -0.3 is 9.84 Å². The highest BCUT2D eigenvalue weighted by Crippen LogP contribution is 2.33. The van der Waals surface area contributed by atoms with Crippen LogP contribution in [0.3, 0.4) is 0 Å². The molecular weight excluding hydrogens is 342 g/mol. The summed E-state index contributed by atoms with van der Waals surface area (Å²) in [5, 5.41) is 12.3. The van der Waals surface area contributed by atoms with Crippen molar-refractivity contribution in [1.29, 1.82) is 0 Å². The van der Waals surface area contributed by atoms with E-state index in [0.29, 0.717) is 18.5 Å². The summed E-state index contributed by atoms with van der Waals surface area (Å²) in [7, 11) is 0.119. The van der Waals surface area contributed by atoms with Gasteiger partial charge in [0.25, 0.3) is 0 Å². The van der Waals surface area contributed by atoms with Crippen LogP contribution < -0.4 is 0 Å². The standard InChI is InChI=1S/C18H21NO5S/c1-19(13-7-8-25(22,23)11-13)10-16-14-6-4-3-5-12(14)9-15(17(16)20)18(21)24-2/h3-6,9,13,20H,7-8,10-11H2,1-2H3/t13-/m0/s1. The highest BCUT2D eigenvalue weighted by molar-refractivity contribution is 7.91. The van der Waals surface area contributed by atoms with E-state index in [2.05, 4.69) is 0 Å². The molecule has 0 spiro atoms. The maximum Gasteiger partial charge on any atom is 0.341 e. The third-order valence-electron chi connectivity index (χ3n) is 4.77. The Hall–Kier alpha value is -2.12. The molecule has 1 atom stereocenters. The molecule has 0 aliphatic carbocycles. The van der Waals surface area contributed by atoms with Gasteiger partial charge in [-0.25, -0.2) is 13.2 Å². The predicted molar refractivity (Wildman–Crippen MR) is 95.5 cm³/mol. The molecule has 3 rings (SSSR count). The zero-order valence-corrected chi connectivity index (χ0v) is 15.0. The monoisotopic (exact) mass is 363 g/mol. The van der Waals surface area contributed by atoms with Gasteiger partial charge in [0.1, 0.15) is 11.3 Å². The van der Waals surface area contributed by atoms with Gasteiger partial charge in [-0.1, -0.05) is 24.3 Å². The lowest BCUT2D eigenvalue weighted by Crippen LogP contribution is -2.32. The summed E-state index contributed by atoms with van der Waals surface area (Å²) < 4.78 is 28.2. The molecule has 2 aromatic rings. The number of benzene rings is 2. The number of carbonyl (C=O) groups is 1. The Balaban J connectivity index is 2.02. The van der Waals surface area contributed by atoms with Gasteiger partial charge in [-0.05, 0) is 30.3 Å². The molecule has 1 N–H and O–H groups in total. The summed E-state index contributed by atoms with van der Waals surface area (Å²) in [6, 6.07) is 8.99.